The summed E-state index contributed by atoms with van der Waals surface area (Å²) in [6.45, 7) is 0. The molecule has 72 valence electrons. The van der Waals surface area contributed by atoms with E-state index in [1.165, 1.54) is 17.4 Å². The van der Waals surface area contributed by atoms with Gasteiger partial charge in [0, 0.05) is 20.5 Å². The number of thiophene rings is 1. The molecule has 0 bridgehead atoms. The van der Waals surface area contributed by atoms with Crippen LogP contribution < -0.4 is 5.46 Å². The van der Waals surface area contributed by atoms with Crippen LogP contribution in [0.15, 0.2) is 17.5 Å². The molecule has 14 heavy (non-hydrogen) atoms. The van der Waals surface area contributed by atoms with Crippen molar-refractivity contribution in [1.82, 2.24) is 0 Å². The molecular formula is C8H5BCl2O2S. The highest BCUT2D eigenvalue weighted by molar-refractivity contribution is 7.18. The van der Waals surface area contributed by atoms with Gasteiger partial charge in [0.05, 0.1) is 5.02 Å². The van der Waals surface area contributed by atoms with Crippen LogP contribution in [-0.4, -0.2) is 17.2 Å². The van der Waals surface area contributed by atoms with Gasteiger partial charge in [-0.2, -0.15) is 0 Å². The lowest BCUT2D eigenvalue weighted by molar-refractivity contribution is 0.426. The van der Waals surface area contributed by atoms with Gasteiger partial charge in [-0.1, -0.05) is 23.2 Å². The molecule has 0 atom stereocenters. The normalized spacial score (nSPS) is 10.9. The van der Waals surface area contributed by atoms with Crippen molar-refractivity contribution in [1.29, 1.82) is 0 Å². The van der Waals surface area contributed by atoms with Gasteiger partial charge in [-0.25, -0.2) is 0 Å². The molecule has 2 aromatic rings. The van der Waals surface area contributed by atoms with Gasteiger partial charge in [0.25, 0.3) is 0 Å². The van der Waals surface area contributed by atoms with Gasteiger partial charge in [-0.05, 0) is 17.6 Å². The van der Waals surface area contributed by atoms with Crippen LogP contribution in [0.5, 0.6) is 0 Å². The first-order valence-electron chi connectivity index (χ1n) is 3.82. The Morgan fingerprint density at radius 1 is 1.21 bits per heavy atom. The fourth-order valence-electron chi connectivity index (χ4n) is 1.33. The van der Waals surface area contributed by atoms with Gasteiger partial charge in [0.15, 0.2) is 0 Å². The Labute approximate surface area is 94.8 Å². The quantitative estimate of drug-likeness (QED) is 0.755. The molecule has 2 N–H and O–H groups in total. The van der Waals surface area contributed by atoms with Crippen molar-refractivity contribution in [2.45, 2.75) is 0 Å². The maximum Gasteiger partial charge on any atom is 0.489 e. The summed E-state index contributed by atoms with van der Waals surface area (Å²) < 4.78 is 0.852. The van der Waals surface area contributed by atoms with Crippen LogP contribution >= 0.6 is 34.5 Å². The maximum atomic E-state index is 9.13. The minimum absolute atomic E-state index is 0.346. The van der Waals surface area contributed by atoms with E-state index in [1.807, 2.05) is 0 Å². The lowest BCUT2D eigenvalue weighted by atomic mass is 9.78. The molecule has 0 fully saturated rings. The number of hydrogen-bond donors (Lipinski definition) is 2. The second kappa shape index (κ2) is 3.72. The van der Waals surface area contributed by atoms with Crippen molar-refractivity contribution in [2.75, 3.05) is 0 Å². The second-order valence-electron chi connectivity index (χ2n) is 2.83. The molecule has 0 aliphatic heterocycles. The highest BCUT2D eigenvalue weighted by atomic mass is 35.5. The molecular weight excluding hydrogens is 242 g/mol. The molecule has 2 nitrogen and oxygen atoms in total. The van der Waals surface area contributed by atoms with E-state index < -0.39 is 7.12 Å². The Balaban J connectivity index is 2.83. The van der Waals surface area contributed by atoms with E-state index >= 15 is 0 Å². The molecule has 0 aliphatic rings. The molecule has 0 amide bonds. The minimum atomic E-state index is -1.55. The molecule has 1 aromatic heterocycles. The van der Waals surface area contributed by atoms with Crippen molar-refractivity contribution in [3.63, 3.8) is 0 Å². The van der Waals surface area contributed by atoms with Crippen LogP contribution in [0, 0.1) is 0 Å². The zero-order valence-electron chi connectivity index (χ0n) is 6.87. The SMILES string of the molecule is OB(O)c1cc(Cl)cc2scc(Cl)c12. The number of halogens is 2. The van der Waals surface area contributed by atoms with Crippen molar-refractivity contribution >= 4 is 57.2 Å². The molecule has 0 spiro atoms. The van der Waals surface area contributed by atoms with E-state index in [-0.39, 0.29) is 0 Å². The third-order valence-electron chi connectivity index (χ3n) is 1.90. The van der Waals surface area contributed by atoms with Crippen molar-refractivity contribution < 1.29 is 10.0 Å². The number of rotatable bonds is 1. The Morgan fingerprint density at radius 3 is 2.57 bits per heavy atom. The summed E-state index contributed by atoms with van der Waals surface area (Å²) in [5, 5.41) is 21.7. The average Bonchev–Trinajstić information content (AvgIpc) is 2.46. The van der Waals surface area contributed by atoms with Crippen LogP contribution in [0.1, 0.15) is 0 Å². The summed E-state index contributed by atoms with van der Waals surface area (Å²) in [6, 6.07) is 3.26. The Hall–Kier alpha value is -0.255. The van der Waals surface area contributed by atoms with Crippen LogP contribution in [0.4, 0.5) is 0 Å². The first kappa shape index (κ1) is 10.3. The van der Waals surface area contributed by atoms with E-state index in [0.29, 0.717) is 20.9 Å². The van der Waals surface area contributed by atoms with E-state index in [2.05, 4.69) is 0 Å². The molecule has 2 rings (SSSR count). The lowest BCUT2D eigenvalue weighted by Gasteiger charge is -2.03. The van der Waals surface area contributed by atoms with Crippen LogP contribution in [0.2, 0.25) is 10.0 Å². The molecule has 0 saturated carbocycles. The highest BCUT2D eigenvalue weighted by Gasteiger charge is 2.18. The molecule has 1 heterocycles. The summed E-state index contributed by atoms with van der Waals surface area (Å²) in [6.07, 6.45) is 0. The topological polar surface area (TPSA) is 40.5 Å². The largest absolute Gasteiger partial charge is 0.489 e. The van der Waals surface area contributed by atoms with Gasteiger partial charge in [0.2, 0.25) is 0 Å². The third kappa shape index (κ3) is 1.64. The van der Waals surface area contributed by atoms with E-state index in [4.69, 9.17) is 33.2 Å². The molecule has 0 aliphatic carbocycles. The first-order valence-corrected chi connectivity index (χ1v) is 5.45. The summed E-state index contributed by atoms with van der Waals surface area (Å²) >= 11 is 13.2. The predicted molar refractivity (Wildman–Crippen MR) is 61.7 cm³/mol. The number of hydrogen-bond acceptors (Lipinski definition) is 3. The second-order valence-corrected chi connectivity index (χ2v) is 4.58. The Morgan fingerprint density at radius 2 is 1.93 bits per heavy atom. The van der Waals surface area contributed by atoms with E-state index in [0.717, 1.165) is 4.70 Å². The monoisotopic (exact) mass is 246 g/mol. The van der Waals surface area contributed by atoms with Gasteiger partial charge < -0.3 is 10.0 Å². The van der Waals surface area contributed by atoms with Crippen LogP contribution in [0.25, 0.3) is 10.1 Å². The Bertz CT molecular complexity index is 483. The average molecular weight is 247 g/mol. The molecule has 1 aromatic carbocycles. The summed E-state index contributed by atoms with van der Waals surface area (Å²) in [4.78, 5) is 0. The first-order chi connectivity index (χ1) is 6.59. The van der Waals surface area contributed by atoms with Crippen LogP contribution in [-0.2, 0) is 0 Å². The number of benzene rings is 1. The predicted octanol–water partition coefficient (Wildman–Crippen LogP) is 1.89. The van der Waals surface area contributed by atoms with Crippen molar-refractivity contribution in [3.8, 4) is 0 Å². The highest BCUT2D eigenvalue weighted by Crippen LogP contribution is 2.30. The van der Waals surface area contributed by atoms with Crippen LogP contribution in [0.3, 0.4) is 0 Å². The lowest BCUT2D eigenvalue weighted by Crippen LogP contribution is -2.30. The smallest absolute Gasteiger partial charge is 0.423 e. The molecule has 0 unspecified atom stereocenters. The molecule has 0 saturated heterocycles. The fourth-order valence-corrected chi connectivity index (χ4v) is 2.91. The van der Waals surface area contributed by atoms with Crippen molar-refractivity contribution in [3.05, 3.63) is 27.6 Å². The minimum Gasteiger partial charge on any atom is -0.423 e. The zero-order valence-corrected chi connectivity index (χ0v) is 9.20. The molecule has 6 heteroatoms. The van der Waals surface area contributed by atoms with Gasteiger partial charge in [0.1, 0.15) is 0 Å². The van der Waals surface area contributed by atoms with Crippen molar-refractivity contribution in [2.24, 2.45) is 0 Å². The zero-order chi connectivity index (χ0) is 10.3. The molecule has 0 radical (unpaired) electrons. The Kier molecular flexibility index (Phi) is 2.73. The summed E-state index contributed by atoms with van der Waals surface area (Å²) in [5.74, 6) is 0. The third-order valence-corrected chi connectivity index (χ3v) is 3.48. The standard InChI is InChI=1S/C8H5BCl2O2S/c10-4-1-5(9(12)13)8-6(11)3-14-7(8)2-4/h1-3,12-13H. The van der Waals surface area contributed by atoms with E-state index in [1.54, 1.807) is 11.4 Å². The van der Waals surface area contributed by atoms with E-state index in [9.17, 15) is 0 Å². The van der Waals surface area contributed by atoms with Gasteiger partial charge >= 0.3 is 7.12 Å². The van der Waals surface area contributed by atoms with Gasteiger partial charge in [-0.3, -0.25) is 0 Å². The fraction of sp³-hybridized carbons (Fsp3) is 0. The summed E-state index contributed by atoms with van der Waals surface area (Å²) in [5.41, 5.74) is 0.346. The maximum absolute atomic E-state index is 9.13. The van der Waals surface area contributed by atoms with Gasteiger partial charge in [-0.15, -0.1) is 11.3 Å². The number of fused-ring (bicyclic) bond motifs is 1. The summed E-state index contributed by atoms with van der Waals surface area (Å²) in [7, 11) is -1.55.